The van der Waals surface area contributed by atoms with Gasteiger partial charge < -0.3 is 15.8 Å². The molecule has 1 aliphatic carbocycles. The van der Waals surface area contributed by atoms with E-state index in [1.54, 1.807) is 0 Å². The van der Waals surface area contributed by atoms with E-state index in [4.69, 9.17) is 10.5 Å². The van der Waals surface area contributed by atoms with Gasteiger partial charge in [0.1, 0.15) is 0 Å². The Morgan fingerprint density at radius 2 is 2.11 bits per heavy atom. The number of anilines is 1. The number of esters is 1. The largest absolute Gasteiger partial charge is 0.448 e. The van der Waals surface area contributed by atoms with Crippen LogP contribution in [-0.4, -0.2) is 34.0 Å². The Morgan fingerprint density at radius 3 is 2.72 bits per heavy atom. The van der Waals surface area contributed by atoms with Crippen LogP contribution in [0.3, 0.4) is 0 Å². The number of carbonyl (C=O) groups excluding carboxylic acids is 2. The van der Waals surface area contributed by atoms with E-state index in [1.807, 2.05) is 0 Å². The van der Waals surface area contributed by atoms with Crippen LogP contribution >= 0.6 is 0 Å². The molecule has 1 aromatic rings. The Balaban J connectivity index is 1.94. The number of hydrogen-bond donors (Lipinski definition) is 2. The number of rotatable bonds is 4. The summed E-state index contributed by atoms with van der Waals surface area (Å²) in [6.07, 6.45) is 3.78. The van der Waals surface area contributed by atoms with Crippen molar-refractivity contribution in [3.8, 4) is 0 Å². The molecule has 1 atom stereocenters. The summed E-state index contributed by atoms with van der Waals surface area (Å²) in [7, 11) is 0. The Kier molecular flexibility index (Phi) is 3.40. The van der Waals surface area contributed by atoms with E-state index in [1.165, 1.54) is 19.3 Å². The van der Waals surface area contributed by atoms with Crippen molar-refractivity contribution >= 4 is 17.7 Å². The van der Waals surface area contributed by atoms with Crippen molar-refractivity contribution in [1.82, 2.24) is 15.3 Å². The Bertz CT molecular complexity index is 473. The number of aromatic nitrogens is 2. The lowest BCUT2D eigenvalue weighted by molar-refractivity contribution is -0.129. The van der Waals surface area contributed by atoms with Crippen LogP contribution in [0.1, 0.15) is 30.3 Å². The molecule has 1 heterocycles. The summed E-state index contributed by atoms with van der Waals surface area (Å²) in [5.74, 6) is -1.08. The number of hydrogen-bond acceptors (Lipinski definition) is 6. The van der Waals surface area contributed by atoms with E-state index in [0.29, 0.717) is 0 Å². The summed E-state index contributed by atoms with van der Waals surface area (Å²) in [5, 5.41) is 2.74. The highest BCUT2D eigenvalue weighted by Crippen LogP contribution is 2.19. The molecule has 1 aliphatic rings. The maximum atomic E-state index is 11.7. The molecule has 1 amide bonds. The number of nitrogens with zero attached hydrogens (tertiary/aromatic N) is 2. The SMILES string of the molecule is CC(OC(=O)c1nccnc1N)C(=O)NC1CC1. The zero-order valence-corrected chi connectivity index (χ0v) is 9.92. The van der Waals surface area contributed by atoms with E-state index in [2.05, 4.69) is 15.3 Å². The fourth-order valence-corrected chi connectivity index (χ4v) is 1.32. The molecule has 96 valence electrons. The van der Waals surface area contributed by atoms with Gasteiger partial charge in [-0.1, -0.05) is 0 Å². The molecular formula is C11H14N4O3. The third-order valence-electron chi connectivity index (χ3n) is 2.50. The Hall–Kier alpha value is -2.18. The minimum absolute atomic E-state index is 0.0164. The van der Waals surface area contributed by atoms with Gasteiger partial charge >= 0.3 is 5.97 Å². The lowest BCUT2D eigenvalue weighted by atomic mass is 10.3. The van der Waals surface area contributed by atoms with Gasteiger partial charge in [0.25, 0.3) is 5.91 Å². The molecule has 1 saturated carbocycles. The maximum Gasteiger partial charge on any atom is 0.361 e. The molecule has 1 fully saturated rings. The maximum absolute atomic E-state index is 11.7. The van der Waals surface area contributed by atoms with Gasteiger partial charge in [-0.05, 0) is 19.8 Å². The molecule has 0 spiro atoms. The molecule has 7 heteroatoms. The van der Waals surface area contributed by atoms with Gasteiger partial charge in [-0.15, -0.1) is 0 Å². The molecule has 0 radical (unpaired) electrons. The number of carbonyl (C=O) groups is 2. The standard InChI is InChI=1S/C11H14N4O3/c1-6(10(16)15-7-2-3-7)18-11(17)8-9(12)14-5-4-13-8/h4-7H,2-3H2,1H3,(H2,12,14)(H,15,16). The predicted octanol–water partition coefficient (Wildman–Crippen LogP) is -0.117. The summed E-state index contributed by atoms with van der Waals surface area (Å²) in [6, 6.07) is 0.222. The fourth-order valence-electron chi connectivity index (χ4n) is 1.32. The van der Waals surface area contributed by atoms with Gasteiger partial charge in [0.15, 0.2) is 17.6 Å². The second-order valence-corrected chi connectivity index (χ2v) is 4.12. The first-order chi connectivity index (χ1) is 8.58. The van der Waals surface area contributed by atoms with Crippen molar-refractivity contribution in [3.05, 3.63) is 18.1 Å². The number of nitrogen functional groups attached to an aromatic ring is 1. The van der Waals surface area contributed by atoms with Gasteiger partial charge in [-0.25, -0.2) is 14.8 Å². The quantitative estimate of drug-likeness (QED) is 0.721. The number of nitrogens with one attached hydrogen (secondary N) is 1. The molecule has 0 saturated heterocycles. The highest BCUT2D eigenvalue weighted by Gasteiger charge is 2.28. The highest BCUT2D eigenvalue weighted by atomic mass is 16.5. The second-order valence-electron chi connectivity index (χ2n) is 4.12. The first-order valence-electron chi connectivity index (χ1n) is 5.65. The van der Waals surface area contributed by atoms with Crippen LogP contribution in [0.4, 0.5) is 5.82 Å². The Labute approximate surface area is 104 Å². The van der Waals surface area contributed by atoms with E-state index >= 15 is 0 Å². The average molecular weight is 250 g/mol. The smallest absolute Gasteiger partial charge is 0.361 e. The Morgan fingerprint density at radius 1 is 1.44 bits per heavy atom. The molecule has 2 rings (SSSR count). The van der Waals surface area contributed by atoms with Crippen molar-refractivity contribution in [2.45, 2.75) is 31.9 Å². The number of ether oxygens (including phenoxy) is 1. The molecule has 3 N–H and O–H groups in total. The van der Waals surface area contributed by atoms with Crippen molar-refractivity contribution in [3.63, 3.8) is 0 Å². The highest BCUT2D eigenvalue weighted by molar-refractivity contribution is 5.94. The summed E-state index contributed by atoms with van der Waals surface area (Å²) >= 11 is 0. The van der Waals surface area contributed by atoms with Crippen LogP contribution in [0.25, 0.3) is 0 Å². The first kappa shape index (κ1) is 12.3. The lowest BCUT2D eigenvalue weighted by Crippen LogP contribution is -2.37. The molecule has 1 aromatic heterocycles. The third kappa shape index (κ3) is 2.93. The van der Waals surface area contributed by atoms with Crippen molar-refractivity contribution in [2.24, 2.45) is 0 Å². The summed E-state index contributed by atoms with van der Waals surface area (Å²) in [5.41, 5.74) is 5.41. The summed E-state index contributed by atoms with van der Waals surface area (Å²) < 4.78 is 4.97. The van der Waals surface area contributed by atoms with Crippen molar-refractivity contribution in [2.75, 3.05) is 5.73 Å². The van der Waals surface area contributed by atoms with Crippen molar-refractivity contribution < 1.29 is 14.3 Å². The van der Waals surface area contributed by atoms with Gasteiger partial charge in [0.2, 0.25) is 0 Å². The zero-order valence-electron chi connectivity index (χ0n) is 9.92. The third-order valence-corrected chi connectivity index (χ3v) is 2.50. The topological polar surface area (TPSA) is 107 Å². The number of nitrogens with two attached hydrogens (primary N) is 1. The van der Waals surface area contributed by atoms with Crippen LogP contribution in [0.5, 0.6) is 0 Å². The summed E-state index contributed by atoms with van der Waals surface area (Å²) in [4.78, 5) is 30.8. The normalized spacial score (nSPS) is 15.8. The van der Waals surface area contributed by atoms with Gasteiger partial charge in [0, 0.05) is 18.4 Å². The minimum atomic E-state index is -0.875. The molecule has 0 aromatic carbocycles. The van der Waals surface area contributed by atoms with E-state index in [-0.39, 0.29) is 23.5 Å². The van der Waals surface area contributed by atoms with Gasteiger partial charge in [-0.2, -0.15) is 0 Å². The van der Waals surface area contributed by atoms with Crippen LogP contribution in [0.2, 0.25) is 0 Å². The second kappa shape index (κ2) is 4.99. The van der Waals surface area contributed by atoms with Crippen LogP contribution in [-0.2, 0) is 9.53 Å². The van der Waals surface area contributed by atoms with Crippen LogP contribution in [0, 0.1) is 0 Å². The zero-order chi connectivity index (χ0) is 13.1. The molecule has 1 unspecified atom stereocenters. The van der Waals surface area contributed by atoms with Gasteiger partial charge in [-0.3, -0.25) is 4.79 Å². The summed E-state index contributed by atoms with van der Waals surface area (Å²) in [6.45, 7) is 1.50. The first-order valence-corrected chi connectivity index (χ1v) is 5.65. The molecular weight excluding hydrogens is 236 g/mol. The van der Waals surface area contributed by atoms with Crippen molar-refractivity contribution in [1.29, 1.82) is 0 Å². The predicted molar refractivity (Wildman–Crippen MR) is 62.5 cm³/mol. The van der Waals surface area contributed by atoms with Crippen LogP contribution < -0.4 is 11.1 Å². The lowest BCUT2D eigenvalue weighted by Gasteiger charge is -2.13. The van der Waals surface area contributed by atoms with E-state index < -0.39 is 12.1 Å². The molecule has 18 heavy (non-hydrogen) atoms. The van der Waals surface area contributed by atoms with E-state index in [0.717, 1.165) is 12.8 Å². The minimum Gasteiger partial charge on any atom is -0.448 e. The van der Waals surface area contributed by atoms with E-state index in [9.17, 15) is 9.59 Å². The average Bonchev–Trinajstić information content (AvgIpc) is 3.13. The monoisotopic (exact) mass is 250 g/mol. The number of amides is 1. The molecule has 7 nitrogen and oxygen atoms in total. The van der Waals surface area contributed by atoms with Gasteiger partial charge in [0.05, 0.1) is 0 Å². The fraction of sp³-hybridized carbons (Fsp3) is 0.455. The molecule has 0 aliphatic heterocycles. The molecule has 0 bridgehead atoms. The van der Waals surface area contributed by atoms with Crippen LogP contribution in [0.15, 0.2) is 12.4 Å².